The molecule has 2 amide bonds. The lowest BCUT2D eigenvalue weighted by Crippen LogP contribution is -2.55. The number of hydrogen-bond donors (Lipinski definition) is 2. The normalized spacial score (nSPS) is 20.0. The van der Waals surface area contributed by atoms with Crippen LogP contribution in [0.25, 0.3) is 0 Å². The van der Waals surface area contributed by atoms with Crippen LogP contribution in [0.1, 0.15) is 19.8 Å². The molecule has 0 bridgehead atoms. The molecule has 1 atom stereocenters. The van der Waals surface area contributed by atoms with Gasteiger partial charge in [0.2, 0.25) is 11.8 Å². The van der Waals surface area contributed by atoms with Crippen molar-refractivity contribution in [2.45, 2.75) is 25.8 Å². The highest BCUT2D eigenvalue weighted by Crippen LogP contribution is 2.07. The van der Waals surface area contributed by atoms with Crippen LogP contribution in [-0.4, -0.2) is 49.4 Å². The molecule has 1 saturated heterocycles. The number of carbonyl (C=O) groups is 2. The molecule has 0 aliphatic carbocycles. The van der Waals surface area contributed by atoms with E-state index in [9.17, 15) is 9.59 Å². The van der Waals surface area contributed by atoms with Gasteiger partial charge in [0.05, 0.1) is 0 Å². The Hall–Kier alpha value is -0.810. The first-order chi connectivity index (χ1) is 7.16. The number of halogens is 1. The first-order valence-electron chi connectivity index (χ1n) is 5.38. The average Bonchev–Trinajstić information content (AvgIpc) is 2.22. The summed E-state index contributed by atoms with van der Waals surface area (Å²) in [5.41, 5.74) is 0. The van der Waals surface area contributed by atoms with E-state index in [1.165, 1.54) is 0 Å². The second kappa shape index (κ2) is 7.46. The average molecular weight is 250 g/mol. The predicted molar refractivity (Wildman–Crippen MR) is 64.6 cm³/mol. The first kappa shape index (κ1) is 15.2. The van der Waals surface area contributed by atoms with Crippen LogP contribution in [-0.2, 0) is 9.59 Å². The maximum absolute atomic E-state index is 11.7. The number of piperazine rings is 1. The molecule has 2 N–H and O–H groups in total. The lowest BCUT2D eigenvalue weighted by molar-refractivity contribution is -0.142. The molecule has 0 aromatic heterocycles. The summed E-state index contributed by atoms with van der Waals surface area (Å²) in [5.74, 6) is 0.0239. The minimum Gasteiger partial charge on any atom is -0.353 e. The number of carbonyl (C=O) groups excluding carboxylic acids is 2. The second-order valence-electron chi connectivity index (χ2n) is 3.76. The topological polar surface area (TPSA) is 61.4 Å². The van der Waals surface area contributed by atoms with Gasteiger partial charge in [0.1, 0.15) is 6.04 Å². The zero-order valence-corrected chi connectivity index (χ0v) is 10.6. The van der Waals surface area contributed by atoms with Crippen molar-refractivity contribution in [2.24, 2.45) is 0 Å². The third-order valence-corrected chi connectivity index (χ3v) is 2.64. The van der Waals surface area contributed by atoms with E-state index in [2.05, 4.69) is 10.6 Å². The summed E-state index contributed by atoms with van der Waals surface area (Å²) in [5, 5.41) is 5.73. The lowest BCUT2D eigenvalue weighted by Gasteiger charge is -2.32. The molecule has 1 aliphatic heterocycles. The molecular formula is C10H20ClN3O2. The summed E-state index contributed by atoms with van der Waals surface area (Å²) in [6.07, 6.45) is 1.33. The van der Waals surface area contributed by atoms with Gasteiger partial charge in [-0.15, -0.1) is 12.4 Å². The summed E-state index contributed by atoms with van der Waals surface area (Å²) < 4.78 is 0. The number of hydrogen-bond acceptors (Lipinski definition) is 3. The summed E-state index contributed by atoms with van der Waals surface area (Å²) in [6.45, 7) is 3.80. The van der Waals surface area contributed by atoms with E-state index >= 15 is 0 Å². The number of nitrogens with zero attached hydrogens (tertiary/aromatic N) is 1. The van der Waals surface area contributed by atoms with Crippen molar-refractivity contribution in [2.75, 3.05) is 26.7 Å². The van der Waals surface area contributed by atoms with Gasteiger partial charge in [0.15, 0.2) is 0 Å². The van der Waals surface area contributed by atoms with Crippen molar-refractivity contribution in [3.05, 3.63) is 0 Å². The van der Waals surface area contributed by atoms with Crippen molar-refractivity contribution < 1.29 is 9.59 Å². The summed E-state index contributed by atoms with van der Waals surface area (Å²) >= 11 is 0. The van der Waals surface area contributed by atoms with Gasteiger partial charge in [-0.25, -0.2) is 0 Å². The van der Waals surface area contributed by atoms with E-state index in [0.717, 1.165) is 13.0 Å². The fraction of sp³-hybridized carbons (Fsp3) is 0.800. The molecule has 6 heteroatoms. The fourth-order valence-corrected chi connectivity index (χ4v) is 1.68. The first-order valence-corrected chi connectivity index (χ1v) is 5.38. The predicted octanol–water partition coefficient (Wildman–Crippen LogP) is -0.245. The lowest BCUT2D eigenvalue weighted by atomic mass is 10.1. The van der Waals surface area contributed by atoms with Crippen LogP contribution >= 0.6 is 12.4 Å². The highest BCUT2D eigenvalue weighted by atomic mass is 35.5. The molecule has 16 heavy (non-hydrogen) atoms. The Morgan fingerprint density at radius 1 is 1.62 bits per heavy atom. The van der Waals surface area contributed by atoms with E-state index in [1.807, 2.05) is 7.05 Å². The van der Waals surface area contributed by atoms with Gasteiger partial charge in [0, 0.05) is 19.5 Å². The molecular weight excluding hydrogens is 230 g/mol. The van der Waals surface area contributed by atoms with Crippen LogP contribution in [0.4, 0.5) is 0 Å². The third-order valence-electron chi connectivity index (χ3n) is 2.64. The van der Waals surface area contributed by atoms with E-state index in [0.29, 0.717) is 19.5 Å². The molecule has 94 valence electrons. The molecule has 1 rings (SSSR count). The molecule has 0 aromatic rings. The Morgan fingerprint density at radius 2 is 2.31 bits per heavy atom. The summed E-state index contributed by atoms with van der Waals surface area (Å²) in [4.78, 5) is 24.7. The van der Waals surface area contributed by atoms with Gasteiger partial charge in [-0.3, -0.25) is 9.59 Å². The van der Waals surface area contributed by atoms with Crippen LogP contribution < -0.4 is 10.6 Å². The molecule has 0 radical (unpaired) electrons. The fourth-order valence-electron chi connectivity index (χ4n) is 1.68. The monoisotopic (exact) mass is 249 g/mol. The van der Waals surface area contributed by atoms with E-state index in [-0.39, 0.29) is 30.3 Å². The Morgan fingerprint density at radius 3 is 2.94 bits per heavy atom. The van der Waals surface area contributed by atoms with Gasteiger partial charge in [0.25, 0.3) is 0 Å². The van der Waals surface area contributed by atoms with Crippen molar-refractivity contribution in [1.29, 1.82) is 0 Å². The second-order valence-corrected chi connectivity index (χ2v) is 3.76. The van der Waals surface area contributed by atoms with Crippen molar-refractivity contribution >= 4 is 24.2 Å². The number of amides is 2. The van der Waals surface area contributed by atoms with Crippen LogP contribution in [0.3, 0.4) is 0 Å². The molecule has 0 saturated carbocycles. The molecule has 1 heterocycles. The van der Waals surface area contributed by atoms with Gasteiger partial charge in [-0.1, -0.05) is 0 Å². The van der Waals surface area contributed by atoms with Gasteiger partial charge >= 0.3 is 0 Å². The van der Waals surface area contributed by atoms with E-state index < -0.39 is 0 Å². The Kier molecular flexibility index (Phi) is 7.08. The molecule has 1 aliphatic rings. The maximum Gasteiger partial charge on any atom is 0.242 e. The highest BCUT2D eigenvalue weighted by molar-refractivity contribution is 5.88. The van der Waals surface area contributed by atoms with E-state index in [4.69, 9.17) is 0 Å². The molecule has 0 aromatic carbocycles. The van der Waals surface area contributed by atoms with E-state index in [1.54, 1.807) is 11.8 Å². The molecule has 1 unspecified atom stereocenters. The van der Waals surface area contributed by atoms with Crippen LogP contribution in [0.2, 0.25) is 0 Å². The van der Waals surface area contributed by atoms with Crippen LogP contribution in [0.5, 0.6) is 0 Å². The molecule has 5 nitrogen and oxygen atoms in total. The zero-order chi connectivity index (χ0) is 11.3. The Bertz CT molecular complexity index is 248. The largest absolute Gasteiger partial charge is 0.353 e. The molecule has 1 fully saturated rings. The Labute approximate surface area is 102 Å². The quantitative estimate of drug-likeness (QED) is 0.676. The minimum atomic E-state index is -0.319. The zero-order valence-electron chi connectivity index (χ0n) is 9.78. The molecule has 0 spiro atoms. The van der Waals surface area contributed by atoms with Crippen molar-refractivity contribution in [3.63, 3.8) is 0 Å². The smallest absolute Gasteiger partial charge is 0.242 e. The standard InChI is InChI=1S/C10H19N3O2.ClH/c1-8-10(15)12-6-7-13(8)9(14)4-3-5-11-2;/h8,11H,3-7H2,1-2H3,(H,12,15);1H. The summed E-state index contributed by atoms with van der Waals surface area (Å²) in [7, 11) is 1.86. The van der Waals surface area contributed by atoms with Crippen molar-refractivity contribution in [3.8, 4) is 0 Å². The minimum absolute atomic E-state index is 0. The van der Waals surface area contributed by atoms with Crippen LogP contribution in [0, 0.1) is 0 Å². The number of rotatable bonds is 4. The van der Waals surface area contributed by atoms with Gasteiger partial charge in [-0.2, -0.15) is 0 Å². The SMILES string of the molecule is CNCCCC(=O)N1CCNC(=O)C1C.Cl. The van der Waals surface area contributed by atoms with Gasteiger partial charge < -0.3 is 15.5 Å². The highest BCUT2D eigenvalue weighted by Gasteiger charge is 2.28. The number of nitrogens with one attached hydrogen (secondary N) is 2. The third kappa shape index (κ3) is 3.98. The van der Waals surface area contributed by atoms with Gasteiger partial charge in [-0.05, 0) is 26.9 Å². The van der Waals surface area contributed by atoms with Crippen molar-refractivity contribution in [1.82, 2.24) is 15.5 Å². The maximum atomic E-state index is 11.7. The van der Waals surface area contributed by atoms with Crippen LogP contribution in [0.15, 0.2) is 0 Å². The Balaban J connectivity index is 0.00000225. The summed E-state index contributed by atoms with van der Waals surface area (Å²) in [6, 6.07) is -0.319.